The molecule has 0 amide bonds. The normalized spacial score (nSPS) is 13.6. The first-order valence-electron chi connectivity index (χ1n) is 6.01. The van der Waals surface area contributed by atoms with Gasteiger partial charge >= 0.3 is 6.18 Å². The first-order chi connectivity index (χ1) is 8.76. The van der Waals surface area contributed by atoms with Crippen molar-refractivity contribution < 1.29 is 22.0 Å². The van der Waals surface area contributed by atoms with Crippen molar-refractivity contribution in [2.45, 2.75) is 38.9 Å². The van der Waals surface area contributed by atoms with E-state index >= 15 is 0 Å². The van der Waals surface area contributed by atoms with E-state index in [0.29, 0.717) is 13.0 Å². The summed E-state index contributed by atoms with van der Waals surface area (Å²) in [7, 11) is 0. The molecule has 0 aliphatic carbocycles. The van der Waals surface area contributed by atoms with E-state index in [0.717, 1.165) is 0 Å². The van der Waals surface area contributed by atoms with Gasteiger partial charge in [-0.2, -0.15) is 13.2 Å². The second kappa shape index (κ2) is 6.32. The Balaban J connectivity index is 3.06. The van der Waals surface area contributed by atoms with Crippen LogP contribution in [0.4, 0.5) is 22.0 Å². The van der Waals surface area contributed by atoms with Crippen LogP contribution in [0.3, 0.4) is 0 Å². The van der Waals surface area contributed by atoms with Crippen LogP contribution in [0.1, 0.15) is 36.9 Å². The highest BCUT2D eigenvalue weighted by Crippen LogP contribution is 2.31. The number of benzene rings is 1. The highest BCUT2D eigenvalue weighted by atomic mass is 19.4. The third-order valence-electron chi connectivity index (χ3n) is 2.76. The summed E-state index contributed by atoms with van der Waals surface area (Å²) >= 11 is 0. The van der Waals surface area contributed by atoms with Gasteiger partial charge in [-0.15, -0.1) is 0 Å². The molecule has 1 atom stereocenters. The SMILES string of the molecule is CCCNC(CC(F)(F)F)c1ccc(C)c(F)c1F. The van der Waals surface area contributed by atoms with Crippen molar-refractivity contribution in [3.63, 3.8) is 0 Å². The summed E-state index contributed by atoms with van der Waals surface area (Å²) < 4.78 is 64.6. The second-order valence-corrected chi connectivity index (χ2v) is 4.43. The van der Waals surface area contributed by atoms with E-state index in [9.17, 15) is 22.0 Å². The zero-order valence-electron chi connectivity index (χ0n) is 10.7. The van der Waals surface area contributed by atoms with Gasteiger partial charge < -0.3 is 5.32 Å². The molecule has 1 rings (SSSR count). The Morgan fingerprint density at radius 1 is 1.16 bits per heavy atom. The van der Waals surface area contributed by atoms with Crippen molar-refractivity contribution in [1.82, 2.24) is 5.32 Å². The van der Waals surface area contributed by atoms with Gasteiger partial charge in [0.05, 0.1) is 6.42 Å². The second-order valence-electron chi connectivity index (χ2n) is 4.43. The molecule has 19 heavy (non-hydrogen) atoms. The maximum atomic E-state index is 13.7. The van der Waals surface area contributed by atoms with Crippen molar-refractivity contribution in [2.24, 2.45) is 0 Å². The van der Waals surface area contributed by atoms with Gasteiger partial charge in [0, 0.05) is 11.6 Å². The lowest BCUT2D eigenvalue weighted by molar-refractivity contribution is -0.140. The number of hydrogen-bond acceptors (Lipinski definition) is 1. The molecule has 1 aromatic rings. The van der Waals surface area contributed by atoms with Crippen molar-refractivity contribution in [3.05, 3.63) is 34.9 Å². The van der Waals surface area contributed by atoms with Gasteiger partial charge in [0.25, 0.3) is 0 Å². The van der Waals surface area contributed by atoms with Crippen molar-refractivity contribution in [2.75, 3.05) is 6.54 Å². The van der Waals surface area contributed by atoms with E-state index in [-0.39, 0.29) is 11.1 Å². The van der Waals surface area contributed by atoms with Gasteiger partial charge in [0.15, 0.2) is 11.6 Å². The van der Waals surface area contributed by atoms with E-state index in [2.05, 4.69) is 5.32 Å². The molecule has 0 fully saturated rings. The molecule has 108 valence electrons. The third-order valence-corrected chi connectivity index (χ3v) is 2.76. The Hall–Kier alpha value is -1.17. The van der Waals surface area contributed by atoms with Crippen LogP contribution < -0.4 is 5.32 Å². The molecule has 1 aromatic carbocycles. The first kappa shape index (κ1) is 15.9. The molecule has 0 saturated heterocycles. The van der Waals surface area contributed by atoms with Crippen molar-refractivity contribution >= 4 is 0 Å². The fourth-order valence-corrected chi connectivity index (χ4v) is 1.77. The fraction of sp³-hybridized carbons (Fsp3) is 0.538. The van der Waals surface area contributed by atoms with E-state index in [1.807, 2.05) is 0 Å². The van der Waals surface area contributed by atoms with E-state index in [4.69, 9.17) is 0 Å². The molecule has 1 N–H and O–H groups in total. The molecule has 0 spiro atoms. The Bertz CT molecular complexity index is 428. The minimum atomic E-state index is -4.45. The molecule has 1 unspecified atom stereocenters. The summed E-state index contributed by atoms with van der Waals surface area (Å²) in [6, 6.07) is 1.22. The van der Waals surface area contributed by atoms with Gasteiger partial charge in [-0.3, -0.25) is 0 Å². The van der Waals surface area contributed by atoms with Crippen LogP contribution >= 0.6 is 0 Å². The maximum absolute atomic E-state index is 13.7. The van der Waals surface area contributed by atoms with Crippen LogP contribution in [0, 0.1) is 18.6 Å². The van der Waals surface area contributed by atoms with Crippen LogP contribution in [-0.2, 0) is 0 Å². The Morgan fingerprint density at radius 3 is 2.32 bits per heavy atom. The number of hydrogen-bond donors (Lipinski definition) is 1. The highest BCUT2D eigenvalue weighted by Gasteiger charge is 2.34. The first-order valence-corrected chi connectivity index (χ1v) is 6.01. The topological polar surface area (TPSA) is 12.0 Å². The van der Waals surface area contributed by atoms with E-state index in [1.165, 1.54) is 19.1 Å². The zero-order valence-corrected chi connectivity index (χ0v) is 10.7. The van der Waals surface area contributed by atoms with Crippen LogP contribution in [-0.4, -0.2) is 12.7 Å². The summed E-state index contributed by atoms with van der Waals surface area (Å²) in [4.78, 5) is 0. The number of aryl methyl sites for hydroxylation is 1. The zero-order chi connectivity index (χ0) is 14.6. The largest absolute Gasteiger partial charge is 0.390 e. The Kier molecular flexibility index (Phi) is 5.29. The van der Waals surface area contributed by atoms with Gasteiger partial charge in [0.2, 0.25) is 0 Å². The monoisotopic (exact) mass is 281 g/mol. The molecule has 0 aliphatic rings. The lowest BCUT2D eigenvalue weighted by atomic mass is 10.0. The number of halogens is 5. The van der Waals surface area contributed by atoms with E-state index < -0.39 is 30.3 Å². The maximum Gasteiger partial charge on any atom is 0.390 e. The summed E-state index contributed by atoms with van der Waals surface area (Å²) in [5, 5.41) is 2.60. The Labute approximate surface area is 108 Å². The average molecular weight is 281 g/mol. The molecule has 0 aliphatic heterocycles. The number of nitrogens with one attached hydrogen (secondary N) is 1. The lowest BCUT2D eigenvalue weighted by Gasteiger charge is -2.21. The molecule has 6 heteroatoms. The summed E-state index contributed by atoms with van der Waals surface area (Å²) in [6.45, 7) is 3.44. The third kappa shape index (κ3) is 4.45. The molecule has 0 bridgehead atoms. The minimum Gasteiger partial charge on any atom is -0.310 e. The molecular formula is C13H16F5N. The average Bonchev–Trinajstić information content (AvgIpc) is 2.30. The highest BCUT2D eigenvalue weighted by molar-refractivity contribution is 5.28. The summed E-state index contributed by atoms with van der Waals surface area (Å²) in [6.07, 6.45) is -5.07. The molecule has 0 radical (unpaired) electrons. The molecular weight excluding hydrogens is 265 g/mol. The number of alkyl halides is 3. The van der Waals surface area contributed by atoms with Crippen LogP contribution in [0.5, 0.6) is 0 Å². The predicted molar refractivity (Wildman–Crippen MR) is 62.8 cm³/mol. The van der Waals surface area contributed by atoms with E-state index in [1.54, 1.807) is 6.92 Å². The molecule has 0 aromatic heterocycles. The molecule has 1 nitrogen and oxygen atoms in total. The van der Waals surface area contributed by atoms with Gasteiger partial charge in [-0.25, -0.2) is 8.78 Å². The van der Waals surface area contributed by atoms with Crippen molar-refractivity contribution in [1.29, 1.82) is 0 Å². The quantitative estimate of drug-likeness (QED) is 0.795. The fourth-order valence-electron chi connectivity index (χ4n) is 1.77. The van der Waals surface area contributed by atoms with Crippen molar-refractivity contribution in [3.8, 4) is 0 Å². The standard InChI is InChI=1S/C13H16F5N/c1-3-6-19-10(7-13(16,17)18)9-5-4-8(2)11(14)12(9)15/h4-5,10,19H,3,6-7H2,1-2H3. The van der Waals surface area contributed by atoms with Gasteiger partial charge in [-0.1, -0.05) is 19.1 Å². The smallest absolute Gasteiger partial charge is 0.310 e. The molecule has 0 heterocycles. The number of rotatable bonds is 5. The predicted octanol–water partition coefficient (Wildman–Crippen LogP) is 4.27. The van der Waals surface area contributed by atoms with Gasteiger partial charge in [0.1, 0.15) is 0 Å². The summed E-state index contributed by atoms with van der Waals surface area (Å²) in [5.41, 5.74) is -0.212. The summed E-state index contributed by atoms with van der Waals surface area (Å²) in [5.74, 6) is -2.30. The molecule has 0 saturated carbocycles. The van der Waals surface area contributed by atoms with Crippen LogP contribution in [0.15, 0.2) is 12.1 Å². The Morgan fingerprint density at radius 2 is 1.79 bits per heavy atom. The van der Waals surface area contributed by atoms with Gasteiger partial charge in [-0.05, 0) is 25.5 Å². The van der Waals surface area contributed by atoms with Crippen LogP contribution in [0.2, 0.25) is 0 Å². The minimum absolute atomic E-state index is 0.0718. The lowest BCUT2D eigenvalue weighted by Crippen LogP contribution is -2.28. The van der Waals surface area contributed by atoms with Crippen LogP contribution in [0.25, 0.3) is 0 Å².